The molecule has 0 unspecified atom stereocenters. The van der Waals surface area contributed by atoms with Crippen LogP contribution in [0.1, 0.15) is 23.0 Å². The molecule has 2 aromatic rings. The molecular weight excluding hydrogens is 188 g/mol. The highest BCUT2D eigenvalue weighted by atomic mass is 16.1. The molecule has 0 aliphatic heterocycles. The smallest absolute Gasteiger partial charge is 0.176 e. The van der Waals surface area contributed by atoms with E-state index in [1.54, 1.807) is 13.1 Å². The lowest BCUT2D eigenvalue weighted by Gasteiger charge is -2.06. The third-order valence-electron chi connectivity index (χ3n) is 2.27. The van der Waals surface area contributed by atoms with E-state index in [-0.39, 0.29) is 5.78 Å². The average molecular weight is 200 g/mol. The number of carbonyl (C=O) groups is 1. The number of pyridine rings is 1. The van der Waals surface area contributed by atoms with Gasteiger partial charge >= 0.3 is 0 Å². The highest BCUT2D eigenvalue weighted by Gasteiger charge is 2.05. The summed E-state index contributed by atoms with van der Waals surface area (Å²) in [6, 6.07) is 7.61. The van der Waals surface area contributed by atoms with Crippen molar-refractivity contribution in [3.63, 3.8) is 0 Å². The number of hydrogen-bond acceptors (Lipinski definition) is 2. The van der Waals surface area contributed by atoms with Crippen molar-refractivity contribution in [1.82, 2.24) is 9.55 Å². The molecule has 2 aromatic heterocycles. The van der Waals surface area contributed by atoms with Gasteiger partial charge in [-0.2, -0.15) is 0 Å². The number of rotatable bonds is 3. The molecule has 0 radical (unpaired) electrons. The Labute approximate surface area is 88.4 Å². The molecule has 0 fully saturated rings. The quantitative estimate of drug-likeness (QED) is 0.711. The molecule has 0 saturated heterocycles. The first kappa shape index (κ1) is 9.65. The van der Waals surface area contributed by atoms with E-state index in [4.69, 9.17) is 0 Å². The van der Waals surface area contributed by atoms with Gasteiger partial charge in [-0.3, -0.25) is 9.78 Å². The summed E-state index contributed by atoms with van der Waals surface area (Å²) in [5, 5.41) is 0. The van der Waals surface area contributed by atoms with E-state index in [0.29, 0.717) is 6.54 Å². The summed E-state index contributed by atoms with van der Waals surface area (Å²) in [6.07, 6.45) is 5.46. The number of Topliss-reactive ketones (excluding diaryl/α,β-unsaturated/α-hetero) is 1. The van der Waals surface area contributed by atoms with Crippen molar-refractivity contribution in [3.8, 4) is 0 Å². The zero-order valence-corrected chi connectivity index (χ0v) is 8.55. The first-order chi connectivity index (χ1) is 7.27. The fourth-order valence-electron chi connectivity index (χ4n) is 1.56. The molecule has 0 bridgehead atoms. The average Bonchev–Trinajstić information content (AvgIpc) is 2.67. The van der Waals surface area contributed by atoms with Gasteiger partial charge in [0.25, 0.3) is 0 Å². The van der Waals surface area contributed by atoms with Gasteiger partial charge in [-0.05, 0) is 23.8 Å². The Kier molecular flexibility index (Phi) is 2.63. The SMILES string of the molecule is CC(=O)c1cccn1Cc1cccnc1. The molecule has 0 saturated carbocycles. The number of carbonyl (C=O) groups excluding carboxylic acids is 1. The molecule has 2 rings (SSSR count). The molecule has 3 heteroatoms. The summed E-state index contributed by atoms with van der Waals surface area (Å²) in [4.78, 5) is 15.3. The number of nitrogens with zero attached hydrogens (tertiary/aromatic N) is 2. The molecule has 15 heavy (non-hydrogen) atoms. The Morgan fingerprint density at radius 2 is 2.27 bits per heavy atom. The van der Waals surface area contributed by atoms with Gasteiger partial charge in [-0.15, -0.1) is 0 Å². The molecule has 0 amide bonds. The molecule has 0 aliphatic rings. The van der Waals surface area contributed by atoms with Crippen LogP contribution in [0.25, 0.3) is 0 Å². The fourth-order valence-corrected chi connectivity index (χ4v) is 1.56. The minimum Gasteiger partial charge on any atom is -0.341 e. The number of aromatic nitrogens is 2. The Bertz CT molecular complexity index is 459. The van der Waals surface area contributed by atoms with Crippen LogP contribution in [0.15, 0.2) is 42.9 Å². The van der Waals surface area contributed by atoms with Crippen molar-refractivity contribution < 1.29 is 4.79 Å². The second-order valence-corrected chi connectivity index (χ2v) is 3.44. The summed E-state index contributed by atoms with van der Waals surface area (Å²) in [5.74, 6) is 0.0869. The zero-order chi connectivity index (χ0) is 10.7. The maximum atomic E-state index is 11.3. The van der Waals surface area contributed by atoms with Gasteiger partial charge in [-0.25, -0.2) is 0 Å². The maximum absolute atomic E-state index is 11.3. The number of ketones is 1. The van der Waals surface area contributed by atoms with E-state index >= 15 is 0 Å². The minimum absolute atomic E-state index is 0.0869. The second-order valence-electron chi connectivity index (χ2n) is 3.44. The van der Waals surface area contributed by atoms with E-state index in [0.717, 1.165) is 11.3 Å². The Morgan fingerprint density at radius 3 is 2.93 bits per heavy atom. The molecular formula is C12H12N2O. The van der Waals surface area contributed by atoms with Gasteiger partial charge in [0, 0.05) is 32.1 Å². The van der Waals surface area contributed by atoms with Gasteiger partial charge in [0.15, 0.2) is 5.78 Å². The Hall–Kier alpha value is -1.90. The molecule has 0 atom stereocenters. The summed E-state index contributed by atoms with van der Waals surface area (Å²) in [6.45, 7) is 2.27. The van der Waals surface area contributed by atoms with Crippen molar-refractivity contribution in [2.45, 2.75) is 13.5 Å². The van der Waals surface area contributed by atoms with Gasteiger partial charge in [0.1, 0.15) is 0 Å². The summed E-state index contributed by atoms with van der Waals surface area (Å²) in [5.41, 5.74) is 1.83. The predicted molar refractivity (Wildman–Crippen MR) is 57.8 cm³/mol. The molecule has 2 heterocycles. The first-order valence-corrected chi connectivity index (χ1v) is 4.82. The fraction of sp³-hybridized carbons (Fsp3) is 0.167. The van der Waals surface area contributed by atoms with Crippen LogP contribution in [0.4, 0.5) is 0 Å². The monoisotopic (exact) mass is 200 g/mol. The van der Waals surface area contributed by atoms with Crippen LogP contribution in [-0.4, -0.2) is 15.3 Å². The van der Waals surface area contributed by atoms with E-state index in [1.807, 2.05) is 41.2 Å². The van der Waals surface area contributed by atoms with E-state index in [1.165, 1.54) is 0 Å². The standard InChI is InChI=1S/C12H12N2O/c1-10(15)12-5-3-7-14(12)9-11-4-2-6-13-8-11/h2-8H,9H2,1H3. The first-order valence-electron chi connectivity index (χ1n) is 4.82. The van der Waals surface area contributed by atoms with Crippen molar-refractivity contribution in [2.75, 3.05) is 0 Å². The van der Waals surface area contributed by atoms with Crippen molar-refractivity contribution in [3.05, 3.63) is 54.1 Å². The Morgan fingerprint density at radius 1 is 1.40 bits per heavy atom. The largest absolute Gasteiger partial charge is 0.341 e. The lowest BCUT2D eigenvalue weighted by atomic mass is 10.2. The minimum atomic E-state index is 0.0869. The third-order valence-corrected chi connectivity index (χ3v) is 2.27. The van der Waals surface area contributed by atoms with Gasteiger partial charge in [0.2, 0.25) is 0 Å². The molecule has 0 spiro atoms. The van der Waals surface area contributed by atoms with Crippen LogP contribution < -0.4 is 0 Å². The maximum Gasteiger partial charge on any atom is 0.176 e. The van der Waals surface area contributed by atoms with Crippen molar-refractivity contribution in [2.24, 2.45) is 0 Å². The van der Waals surface area contributed by atoms with Crippen LogP contribution in [0.2, 0.25) is 0 Å². The highest BCUT2D eigenvalue weighted by Crippen LogP contribution is 2.07. The third kappa shape index (κ3) is 2.13. The van der Waals surface area contributed by atoms with Crippen LogP contribution in [0.5, 0.6) is 0 Å². The zero-order valence-electron chi connectivity index (χ0n) is 8.55. The van der Waals surface area contributed by atoms with Gasteiger partial charge in [0.05, 0.1) is 5.69 Å². The van der Waals surface area contributed by atoms with Gasteiger partial charge < -0.3 is 4.57 Å². The molecule has 3 nitrogen and oxygen atoms in total. The number of hydrogen-bond donors (Lipinski definition) is 0. The molecule has 0 N–H and O–H groups in total. The predicted octanol–water partition coefficient (Wildman–Crippen LogP) is 2.13. The van der Waals surface area contributed by atoms with Crippen LogP contribution in [-0.2, 0) is 6.54 Å². The summed E-state index contributed by atoms with van der Waals surface area (Å²) in [7, 11) is 0. The molecule has 0 aliphatic carbocycles. The summed E-state index contributed by atoms with van der Waals surface area (Å²) >= 11 is 0. The van der Waals surface area contributed by atoms with E-state index in [9.17, 15) is 4.79 Å². The van der Waals surface area contributed by atoms with Crippen molar-refractivity contribution >= 4 is 5.78 Å². The molecule has 76 valence electrons. The van der Waals surface area contributed by atoms with Gasteiger partial charge in [-0.1, -0.05) is 6.07 Å². The molecule has 0 aromatic carbocycles. The van der Waals surface area contributed by atoms with Crippen LogP contribution >= 0.6 is 0 Å². The normalized spacial score (nSPS) is 10.2. The van der Waals surface area contributed by atoms with E-state index in [2.05, 4.69) is 4.98 Å². The van der Waals surface area contributed by atoms with Crippen molar-refractivity contribution in [1.29, 1.82) is 0 Å². The van der Waals surface area contributed by atoms with E-state index < -0.39 is 0 Å². The Balaban J connectivity index is 2.25. The topological polar surface area (TPSA) is 34.9 Å². The highest BCUT2D eigenvalue weighted by molar-refractivity contribution is 5.92. The summed E-state index contributed by atoms with van der Waals surface area (Å²) < 4.78 is 1.93. The lowest BCUT2D eigenvalue weighted by Crippen LogP contribution is -2.06. The second kappa shape index (κ2) is 4.09. The lowest BCUT2D eigenvalue weighted by molar-refractivity contribution is 0.100. The van der Waals surface area contributed by atoms with Crippen LogP contribution in [0, 0.1) is 0 Å². The van der Waals surface area contributed by atoms with Crippen LogP contribution in [0.3, 0.4) is 0 Å².